The minimum absolute atomic E-state index is 0.249. The van der Waals surface area contributed by atoms with Gasteiger partial charge in [-0.25, -0.2) is 0 Å². The van der Waals surface area contributed by atoms with Gasteiger partial charge in [-0.05, 0) is 60.7 Å². The van der Waals surface area contributed by atoms with Gasteiger partial charge in [0, 0.05) is 54.9 Å². The van der Waals surface area contributed by atoms with E-state index in [4.69, 9.17) is 18.0 Å². The summed E-state index contributed by atoms with van der Waals surface area (Å²) < 4.78 is 0.557. The van der Waals surface area contributed by atoms with Crippen molar-refractivity contribution in [2.75, 3.05) is 31.6 Å². The van der Waals surface area contributed by atoms with Crippen LogP contribution in [0.25, 0.3) is 11.8 Å². The maximum atomic E-state index is 11.8. The molecule has 1 aliphatic rings. The fourth-order valence-electron chi connectivity index (χ4n) is 4.86. The summed E-state index contributed by atoms with van der Waals surface area (Å²) in [7, 11) is 1.58. The predicted molar refractivity (Wildman–Crippen MR) is 158 cm³/mol. The molecular weight excluding hydrogens is 502 g/mol. The fraction of sp³-hybridized carbons (Fsp3) is 0.500. The number of aromatic nitrogens is 1. The highest BCUT2D eigenvalue weighted by molar-refractivity contribution is 7.71. The van der Waals surface area contributed by atoms with Crippen LogP contribution >= 0.6 is 23.6 Å². The van der Waals surface area contributed by atoms with E-state index >= 15 is 0 Å². The van der Waals surface area contributed by atoms with E-state index in [-0.39, 0.29) is 5.91 Å². The summed E-state index contributed by atoms with van der Waals surface area (Å²) in [5.74, 6) is 0.741. The first-order valence-corrected chi connectivity index (χ1v) is 14.5. The maximum absolute atomic E-state index is 11.8. The molecular formula is C28H41N5O2S2. The Morgan fingerprint density at radius 1 is 1.38 bits per heavy atom. The number of pyridine rings is 1. The average molecular weight is 544 g/mol. The SMILES string of the molecule is C/C=C\c1c(C(O)CNC2CCN(c3cc(CCC)c(/C(N)=C/C(=O)NC)c(=S)[nH]3)CC2)csc1CC. The third-order valence-corrected chi connectivity index (χ3v) is 8.30. The van der Waals surface area contributed by atoms with E-state index in [1.807, 2.05) is 13.0 Å². The van der Waals surface area contributed by atoms with Crippen molar-refractivity contribution in [3.63, 3.8) is 0 Å². The second-order valence-electron chi connectivity index (χ2n) is 9.41. The Kier molecular flexibility index (Phi) is 10.9. The van der Waals surface area contributed by atoms with Crippen LogP contribution in [-0.4, -0.2) is 48.7 Å². The van der Waals surface area contributed by atoms with Crippen LogP contribution < -0.4 is 21.3 Å². The number of aromatic amines is 1. The largest absolute Gasteiger partial charge is 0.398 e. The summed E-state index contributed by atoms with van der Waals surface area (Å²) in [4.78, 5) is 18.8. The lowest BCUT2D eigenvalue weighted by atomic mass is 10.0. The number of nitrogens with one attached hydrogen (secondary N) is 3. The van der Waals surface area contributed by atoms with E-state index in [1.165, 1.54) is 16.5 Å². The number of hydrogen-bond donors (Lipinski definition) is 5. The van der Waals surface area contributed by atoms with Crippen molar-refractivity contribution in [2.24, 2.45) is 5.73 Å². The molecule has 2 aromatic rings. The zero-order chi connectivity index (χ0) is 26.9. The van der Waals surface area contributed by atoms with Gasteiger partial charge in [0.1, 0.15) is 10.5 Å². The summed E-state index contributed by atoms with van der Waals surface area (Å²) >= 11 is 7.40. The minimum atomic E-state index is -0.519. The topological polar surface area (TPSA) is 106 Å². The Hall–Kier alpha value is -2.46. The van der Waals surface area contributed by atoms with Gasteiger partial charge in [0.2, 0.25) is 5.91 Å². The Bertz CT molecular complexity index is 1180. The molecule has 1 saturated heterocycles. The molecule has 1 atom stereocenters. The monoisotopic (exact) mass is 543 g/mol. The first-order chi connectivity index (χ1) is 17.8. The number of thiophene rings is 1. The molecule has 1 aliphatic heterocycles. The highest BCUT2D eigenvalue weighted by Crippen LogP contribution is 2.30. The van der Waals surface area contributed by atoms with Crippen LogP contribution in [0.4, 0.5) is 5.82 Å². The number of nitrogens with two attached hydrogens (primary N) is 1. The molecule has 6 N–H and O–H groups in total. The van der Waals surface area contributed by atoms with Gasteiger partial charge in [0.25, 0.3) is 0 Å². The standard InChI is InChI=1S/C28H41N5O2S2/c1-5-8-18-14-25(32-28(36)27(18)22(29)15-26(35)30-4)33-12-10-19(11-13-33)31-16-23(34)21-17-37-24(7-3)20(21)9-6-2/h6,9,14-15,17,19,23,31,34H,5,7-8,10-13,16,29H2,1-4H3,(H,30,35)(H,32,36)/b9-6-,22-15-. The zero-order valence-electron chi connectivity index (χ0n) is 22.4. The highest BCUT2D eigenvalue weighted by atomic mass is 32.1. The Morgan fingerprint density at radius 3 is 2.73 bits per heavy atom. The third kappa shape index (κ3) is 7.31. The number of nitrogens with zero attached hydrogens (tertiary/aromatic N) is 1. The molecule has 1 unspecified atom stereocenters. The summed E-state index contributed by atoms with van der Waals surface area (Å²) in [5.41, 5.74) is 10.6. The van der Waals surface area contributed by atoms with E-state index in [0.717, 1.165) is 67.7 Å². The number of likely N-dealkylation sites (N-methyl/N-ethyl adjacent to an activating group) is 1. The number of H-pyrrole nitrogens is 1. The van der Waals surface area contributed by atoms with Gasteiger partial charge in [-0.2, -0.15) is 0 Å². The molecule has 0 aromatic carbocycles. The van der Waals surface area contributed by atoms with Gasteiger partial charge >= 0.3 is 0 Å². The molecule has 7 nitrogen and oxygen atoms in total. The molecule has 0 saturated carbocycles. The van der Waals surface area contributed by atoms with Gasteiger partial charge in [-0.3, -0.25) is 4.79 Å². The van der Waals surface area contributed by atoms with E-state index in [2.05, 4.69) is 51.9 Å². The third-order valence-electron chi connectivity index (χ3n) is 6.83. The Labute approximate surface area is 229 Å². The number of aryl methyl sites for hydroxylation is 2. The predicted octanol–water partition coefficient (Wildman–Crippen LogP) is 4.69. The number of allylic oxidation sites excluding steroid dienone is 1. The first kappa shape index (κ1) is 29.1. The minimum Gasteiger partial charge on any atom is -0.398 e. The van der Waals surface area contributed by atoms with Gasteiger partial charge in [-0.15, -0.1) is 11.3 Å². The number of carbonyl (C=O) groups is 1. The molecule has 3 rings (SSSR count). The number of aliphatic hydroxyl groups is 1. The maximum Gasteiger partial charge on any atom is 0.245 e. The molecule has 202 valence electrons. The number of amides is 1. The number of aliphatic hydroxyl groups excluding tert-OH is 1. The van der Waals surface area contributed by atoms with Gasteiger partial charge in [0.05, 0.1) is 6.10 Å². The van der Waals surface area contributed by atoms with E-state index in [0.29, 0.717) is 22.9 Å². The number of hydrogen-bond acceptors (Lipinski definition) is 7. The molecule has 9 heteroatoms. The number of carbonyl (C=O) groups excluding carboxylic acids is 1. The zero-order valence-corrected chi connectivity index (χ0v) is 24.0. The molecule has 0 bridgehead atoms. The van der Waals surface area contributed by atoms with Crippen LogP contribution in [0.2, 0.25) is 0 Å². The quantitative estimate of drug-likeness (QED) is 0.208. The number of anilines is 1. The average Bonchev–Trinajstić information content (AvgIpc) is 3.30. The van der Waals surface area contributed by atoms with Crippen LogP contribution in [0.15, 0.2) is 23.6 Å². The molecule has 2 aromatic heterocycles. The second-order valence-corrected chi connectivity index (χ2v) is 10.8. The van der Waals surface area contributed by atoms with Crippen molar-refractivity contribution in [3.05, 3.63) is 55.4 Å². The highest BCUT2D eigenvalue weighted by Gasteiger charge is 2.23. The smallest absolute Gasteiger partial charge is 0.245 e. The van der Waals surface area contributed by atoms with Crippen LogP contribution in [-0.2, 0) is 17.6 Å². The molecule has 3 heterocycles. The van der Waals surface area contributed by atoms with E-state index in [9.17, 15) is 9.90 Å². The number of piperidine rings is 1. The molecule has 0 radical (unpaired) electrons. The molecule has 0 aliphatic carbocycles. The lowest BCUT2D eigenvalue weighted by Crippen LogP contribution is -2.44. The van der Waals surface area contributed by atoms with Crippen molar-refractivity contribution >= 4 is 47.1 Å². The van der Waals surface area contributed by atoms with Crippen LogP contribution in [0, 0.1) is 4.64 Å². The van der Waals surface area contributed by atoms with Gasteiger partial charge in [-0.1, -0.05) is 44.6 Å². The van der Waals surface area contributed by atoms with Crippen molar-refractivity contribution in [2.45, 2.75) is 65.0 Å². The normalized spacial score (nSPS) is 15.9. The van der Waals surface area contributed by atoms with Crippen LogP contribution in [0.1, 0.15) is 73.3 Å². The van der Waals surface area contributed by atoms with Gasteiger partial charge in [0.15, 0.2) is 0 Å². The Morgan fingerprint density at radius 2 is 2.11 bits per heavy atom. The summed E-state index contributed by atoms with van der Waals surface area (Å²) in [6.07, 6.45) is 9.73. The molecule has 0 spiro atoms. The second kappa shape index (κ2) is 13.9. The van der Waals surface area contributed by atoms with Crippen molar-refractivity contribution in [1.82, 2.24) is 15.6 Å². The summed E-state index contributed by atoms with van der Waals surface area (Å²) in [5, 5.41) is 19.2. The van der Waals surface area contributed by atoms with Crippen LogP contribution in [0.3, 0.4) is 0 Å². The molecule has 1 fully saturated rings. The van der Waals surface area contributed by atoms with E-state index in [1.54, 1.807) is 18.4 Å². The van der Waals surface area contributed by atoms with E-state index < -0.39 is 6.10 Å². The summed E-state index contributed by atoms with van der Waals surface area (Å²) in [6, 6.07) is 2.48. The van der Waals surface area contributed by atoms with Gasteiger partial charge < -0.3 is 31.4 Å². The lowest BCUT2D eigenvalue weighted by molar-refractivity contribution is -0.116. The number of rotatable bonds is 11. The molecule has 37 heavy (non-hydrogen) atoms. The molecule has 1 amide bonds. The van der Waals surface area contributed by atoms with Crippen LogP contribution in [0.5, 0.6) is 0 Å². The van der Waals surface area contributed by atoms with Crippen molar-refractivity contribution in [1.29, 1.82) is 0 Å². The summed E-state index contributed by atoms with van der Waals surface area (Å²) in [6.45, 7) is 8.60. The fourth-order valence-corrected chi connectivity index (χ4v) is 6.25. The Balaban J connectivity index is 1.65. The first-order valence-electron chi connectivity index (χ1n) is 13.2. The van der Waals surface area contributed by atoms with Crippen molar-refractivity contribution in [3.8, 4) is 0 Å². The lowest BCUT2D eigenvalue weighted by Gasteiger charge is -2.34. The van der Waals surface area contributed by atoms with Crippen molar-refractivity contribution < 1.29 is 9.90 Å².